The third-order valence-corrected chi connectivity index (χ3v) is 6.40. The molecule has 1 aliphatic heterocycles. The Morgan fingerprint density at radius 2 is 1.89 bits per heavy atom. The van der Waals surface area contributed by atoms with Crippen LogP contribution in [0.5, 0.6) is 11.5 Å². The number of nitrogens with one attached hydrogen (secondary N) is 1. The number of ether oxygens (including phenoxy) is 2. The number of carbonyl (C=O) groups excluding carboxylic acids is 1. The fourth-order valence-electron chi connectivity index (χ4n) is 4.59. The van der Waals surface area contributed by atoms with Crippen molar-refractivity contribution >= 4 is 22.8 Å². The SMILES string of the molecule is COc1ccc(NC(=O)N2CCC[C@@H]2c2nc3cc(-c4ccccc4C(F)(F)F)ccc3o2)c(OC)c1. The van der Waals surface area contributed by atoms with Gasteiger partial charge in [0, 0.05) is 12.6 Å². The van der Waals surface area contributed by atoms with Crippen LogP contribution >= 0.6 is 0 Å². The first-order chi connectivity index (χ1) is 17.8. The first-order valence-electron chi connectivity index (χ1n) is 11.6. The van der Waals surface area contributed by atoms with Crippen molar-refractivity contribution in [3.8, 4) is 22.6 Å². The van der Waals surface area contributed by atoms with Gasteiger partial charge in [0.25, 0.3) is 0 Å². The van der Waals surface area contributed by atoms with E-state index in [9.17, 15) is 18.0 Å². The number of methoxy groups -OCH3 is 2. The second kappa shape index (κ2) is 9.68. The molecule has 5 rings (SSSR count). The van der Waals surface area contributed by atoms with Gasteiger partial charge in [-0.2, -0.15) is 13.2 Å². The number of benzene rings is 3. The molecule has 192 valence electrons. The average molecular weight is 512 g/mol. The minimum Gasteiger partial charge on any atom is -0.497 e. The predicted molar refractivity (Wildman–Crippen MR) is 132 cm³/mol. The van der Waals surface area contributed by atoms with Crippen LogP contribution in [0.1, 0.15) is 30.3 Å². The maximum absolute atomic E-state index is 13.5. The maximum atomic E-state index is 13.5. The van der Waals surface area contributed by atoms with Gasteiger partial charge in [-0.25, -0.2) is 9.78 Å². The summed E-state index contributed by atoms with van der Waals surface area (Å²) < 4.78 is 57.1. The Morgan fingerprint density at radius 1 is 1.08 bits per heavy atom. The Balaban J connectivity index is 1.41. The molecule has 0 unspecified atom stereocenters. The number of nitrogens with zero attached hydrogens (tertiary/aromatic N) is 2. The number of anilines is 1. The quantitative estimate of drug-likeness (QED) is 0.315. The monoisotopic (exact) mass is 511 g/mol. The lowest BCUT2D eigenvalue weighted by molar-refractivity contribution is -0.137. The standard InChI is InChI=1S/C27H24F3N3O4/c1-35-17-10-11-20(24(15-17)36-2)32-26(34)33-13-5-8-22(33)25-31-21-14-16(9-12-23(21)37-25)18-6-3-4-7-19(18)27(28,29)30/h3-4,6-7,9-12,14-15,22H,5,8,13H2,1-2H3,(H,32,34)/t22-/m1/s1. The highest BCUT2D eigenvalue weighted by Crippen LogP contribution is 2.39. The van der Waals surface area contributed by atoms with Crippen molar-refractivity contribution in [1.82, 2.24) is 9.88 Å². The molecule has 0 spiro atoms. The zero-order valence-corrected chi connectivity index (χ0v) is 20.1. The van der Waals surface area contributed by atoms with Crippen LogP contribution in [0.4, 0.5) is 23.7 Å². The maximum Gasteiger partial charge on any atom is 0.417 e. The van der Waals surface area contributed by atoms with E-state index < -0.39 is 17.8 Å². The number of oxazole rings is 1. The van der Waals surface area contributed by atoms with Crippen LogP contribution in [0.3, 0.4) is 0 Å². The predicted octanol–water partition coefficient (Wildman–Crippen LogP) is 6.90. The summed E-state index contributed by atoms with van der Waals surface area (Å²) in [6, 6.07) is 14.5. The van der Waals surface area contributed by atoms with Crippen molar-refractivity contribution in [3.05, 3.63) is 72.1 Å². The molecule has 2 amide bonds. The topological polar surface area (TPSA) is 76.8 Å². The number of halogens is 3. The van der Waals surface area contributed by atoms with Crippen LogP contribution in [-0.4, -0.2) is 36.7 Å². The third kappa shape index (κ3) is 4.78. The van der Waals surface area contributed by atoms with Crippen LogP contribution in [-0.2, 0) is 6.18 Å². The van der Waals surface area contributed by atoms with Gasteiger partial charge in [0.05, 0.1) is 25.5 Å². The van der Waals surface area contributed by atoms with E-state index in [2.05, 4.69) is 10.3 Å². The Hall–Kier alpha value is -4.21. The lowest BCUT2D eigenvalue weighted by Crippen LogP contribution is -2.34. The minimum atomic E-state index is -4.48. The summed E-state index contributed by atoms with van der Waals surface area (Å²) in [5.74, 6) is 1.39. The van der Waals surface area contributed by atoms with Crippen LogP contribution < -0.4 is 14.8 Å². The van der Waals surface area contributed by atoms with Crippen molar-refractivity contribution in [2.24, 2.45) is 0 Å². The van der Waals surface area contributed by atoms with E-state index in [0.717, 1.165) is 12.5 Å². The van der Waals surface area contributed by atoms with E-state index in [1.54, 1.807) is 54.5 Å². The van der Waals surface area contributed by atoms with Crippen molar-refractivity contribution in [2.75, 3.05) is 26.1 Å². The number of fused-ring (bicyclic) bond motifs is 1. The highest BCUT2D eigenvalue weighted by molar-refractivity contribution is 5.91. The number of alkyl halides is 3. The van der Waals surface area contributed by atoms with Gasteiger partial charge in [-0.3, -0.25) is 0 Å². The molecule has 4 aromatic rings. The number of rotatable bonds is 5. The molecule has 1 aliphatic rings. The Kier molecular flexibility index (Phi) is 6.41. The van der Waals surface area contributed by atoms with Crippen LogP contribution in [0.2, 0.25) is 0 Å². The van der Waals surface area contributed by atoms with E-state index in [1.807, 2.05) is 0 Å². The summed E-state index contributed by atoms with van der Waals surface area (Å²) in [6.45, 7) is 0.498. The first-order valence-corrected chi connectivity index (χ1v) is 11.6. The van der Waals surface area contributed by atoms with Gasteiger partial charge in [0.15, 0.2) is 5.58 Å². The molecule has 2 heterocycles. The smallest absolute Gasteiger partial charge is 0.417 e. The summed E-state index contributed by atoms with van der Waals surface area (Å²) >= 11 is 0. The van der Waals surface area contributed by atoms with Gasteiger partial charge in [0.1, 0.15) is 23.1 Å². The number of likely N-dealkylation sites (tertiary alicyclic amines) is 1. The molecule has 1 saturated heterocycles. The molecule has 3 aromatic carbocycles. The van der Waals surface area contributed by atoms with Crippen molar-refractivity contribution in [3.63, 3.8) is 0 Å². The fourth-order valence-corrected chi connectivity index (χ4v) is 4.59. The second-order valence-electron chi connectivity index (χ2n) is 8.63. The molecule has 10 heteroatoms. The zero-order valence-electron chi connectivity index (χ0n) is 20.1. The van der Waals surface area contributed by atoms with Crippen molar-refractivity contribution < 1.29 is 31.9 Å². The number of aromatic nitrogens is 1. The first kappa shape index (κ1) is 24.5. The molecule has 1 fully saturated rings. The highest BCUT2D eigenvalue weighted by Gasteiger charge is 2.35. The minimum absolute atomic E-state index is 0.0664. The summed E-state index contributed by atoms with van der Waals surface area (Å²) in [5.41, 5.74) is 1.08. The van der Waals surface area contributed by atoms with E-state index in [1.165, 1.54) is 19.2 Å². The van der Waals surface area contributed by atoms with E-state index in [0.29, 0.717) is 52.7 Å². The Bertz CT molecular complexity index is 1450. The molecule has 0 radical (unpaired) electrons. The normalized spacial score (nSPS) is 15.7. The molecule has 0 bridgehead atoms. The molecule has 37 heavy (non-hydrogen) atoms. The number of hydrogen-bond donors (Lipinski definition) is 1. The molecule has 0 saturated carbocycles. The number of urea groups is 1. The van der Waals surface area contributed by atoms with E-state index in [4.69, 9.17) is 13.9 Å². The summed E-state index contributed by atoms with van der Waals surface area (Å²) in [5, 5.41) is 2.87. The van der Waals surface area contributed by atoms with Gasteiger partial charge in [0.2, 0.25) is 5.89 Å². The van der Waals surface area contributed by atoms with Gasteiger partial charge in [-0.05, 0) is 54.3 Å². The zero-order chi connectivity index (χ0) is 26.2. The molecule has 1 N–H and O–H groups in total. The fraction of sp³-hybridized carbons (Fsp3) is 0.259. The molecule has 1 atom stereocenters. The third-order valence-electron chi connectivity index (χ3n) is 6.40. The second-order valence-corrected chi connectivity index (χ2v) is 8.63. The van der Waals surface area contributed by atoms with Crippen LogP contribution in [0.25, 0.3) is 22.2 Å². The largest absolute Gasteiger partial charge is 0.497 e. The van der Waals surface area contributed by atoms with Gasteiger partial charge in [-0.1, -0.05) is 24.3 Å². The van der Waals surface area contributed by atoms with Crippen molar-refractivity contribution in [1.29, 1.82) is 0 Å². The number of carbonyl (C=O) groups is 1. The van der Waals surface area contributed by atoms with E-state index >= 15 is 0 Å². The summed E-state index contributed by atoms with van der Waals surface area (Å²) in [4.78, 5) is 19.4. The number of hydrogen-bond acceptors (Lipinski definition) is 5. The van der Waals surface area contributed by atoms with Crippen molar-refractivity contribution in [2.45, 2.75) is 25.1 Å². The lowest BCUT2D eigenvalue weighted by atomic mass is 9.99. The highest BCUT2D eigenvalue weighted by atomic mass is 19.4. The van der Waals surface area contributed by atoms with E-state index in [-0.39, 0.29) is 11.6 Å². The summed E-state index contributed by atoms with van der Waals surface area (Å²) in [6.07, 6.45) is -3.09. The van der Waals surface area contributed by atoms with Gasteiger partial charge in [-0.15, -0.1) is 0 Å². The van der Waals surface area contributed by atoms with Gasteiger partial charge < -0.3 is 24.1 Å². The van der Waals surface area contributed by atoms with Crippen LogP contribution in [0, 0.1) is 0 Å². The molecule has 1 aromatic heterocycles. The van der Waals surface area contributed by atoms with Crippen LogP contribution in [0.15, 0.2) is 65.1 Å². The molecular weight excluding hydrogens is 487 g/mol. The average Bonchev–Trinajstić information content (AvgIpc) is 3.55. The summed E-state index contributed by atoms with van der Waals surface area (Å²) in [7, 11) is 3.04. The Labute approximate surface area is 210 Å². The Morgan fingerprint density at radius 3 is 2.65 bits per heavy atom. The lowest BCUT2D eigenvalue weighted by Gasteiger charge is -2.23. The van der Waals surface area contributed by atoms with Gasteiger partial charge >= 0.3 is 12.2 Å². The molecular formula is C27H24F3N3O4. The molecule has 7 nitrogen and oxygen atoms in total. The molecule has 0 aliphatic carbocycles. The number of amides is 2.